The van der Waals surface area contributed by atoms with Crippen LogP contribution in [0.1, 0.15) is 81.3 Å². The molecule has 22 heavy (non-hydrogen) atoms. The molecule has 1 aromatic heterocycles. The van der Waals surface area contributed by atoms with E-state index in [9.17, 15) is 0 Å². The summed E-state index contributed by atoms with van der Waals surface area (Å²) in [6.45, 7) is 0. The first-order chi connectivity index (χ1) is 10.4. The maximum Gasteiger partial charge on any atom is 0.199 e. The summed E-state index contributed by atoms with van der Waals surface area (Å²) < 4.78 is 4.91. The summed E-state index contributed by atoms with van der Waals surface area (Å²) in [4.78, 5) is 4.50. The van der Waals surface area contributed by atoms with Crippen LogP contribution in [0.15, 0.2) is 4.42 Å². The van der Waals surface area contributed by atoms with Crippen LogP contribution in [0.25, 0.3) is 0 Å². The minimum Gasteiger partial charge on any atom is -0.443 e. The van der Waals surface area contributed by atoms with E-state index in [1.54, 1.807) is 0 Å². The van der Waals surface area contributed by atoms with Crippen molar-refractivity contribution in [3.8, 4) is 0 Å². The van der Waals surface area contributed by atoms with Crippen molar-refractivity contribution in [1.29, 1.82) is 0 Å². The van der Waals surface area contributed by atoms with Gasteiger partial charge in [-0.1, -0.05) is 65.7 Å². The number of hydrogen-bond donors (Lipinski definition) is 0. The predicted octanol–water partition coefficient (Wildman–Crippen LogP) is 7.02. The highest BCUT2D eigenvalue weighted by atomic mass is 35.6. The molecule has 0 bridgehead atoms. The molecule has 0 atom stereocenters. The first-order valence-corrected chi connectivity index (χ1v) is 9.69. The molecule has 6 heteroatoms. The van der Waals surface area contributed by atoms with Crippen molar-refractivity contribution in [2.45, 2.75) is 73.4 Å². The van der Waals surface area contributed by atoms with Gasteiger partial charge >= 0.3 is 0 Å². The minimum absolute atomic E-state index is 0.122. The molecule has 0 spiro atoms. The molecule has 1 aromatic rings. The highest BCUT2D eigenvalue weighted by Gasteiger charge is 2.37. The van der Waals surface area contributed by atoms with Gasteiger partial charge in [0.2, 0.25) is 0 Å². The highest BCUT2D eigenvalue weighted by molar-refractivity contribution is 6.67. The predicted molar refractivity (Wildman–Crippen MR) is 92.3 cm³/mol. The Kier molecular flexibility index (Phi) is 5.54. The second-order valence-electron chi connectivity index (χ2n) is 6.63. The van der Waals surface area contributed by atoms with E-state index in [0.29, 0.717) is 17.0 Å². The maximum absolute atomic E-state index is 6.33. The molecule has 0 aliphatic heterocycles. The van der Waals surface area contributed by atoms with Crippen LogP contribution in [-0.2, 0) is 0 Å². The number of aromatic nitrogens is 1. The van der Waals surface area contributed by atoms with Crippen LogP contribution in [0, 0.1) is 5.92 Å². The molecule has 2 fully saturated rings. The molecule has 0 saturated heterocycles. The van der Waals surface area contributed by atoms with E-state index in [2.05, 4.69) is 4.98 Å². The van der Waals surface area contributed by atoms with Crippen molar-refractivity contribution in [2.24, 2.45) is 5.92 Å². The Bertz CT molecular complexity index is 497. The van der Waals surface area contributed by atoms with Crippen LogP contribution in [0.2, 0.25) is 5.15 Å². The van der Waals surface area contributed by atoms with Gasteiger partial charge in [-0.2, -0.15) is 0 Å². The van der Waals surface area contributed by atoms with E-state index in [1.165, 1.54) is 19.3 Å². The Morgan fingerprint density at radius 1 is 0.864 bits per heavy atom. The lowest BCUT2D eigenvalue weighted by atomic mass is 9.82. The minimum atomic E-state index is -1.16. The van der Waals surface area contributed by atoms with Gasteiger partial charge in [0.05, 0.1) is 0 Å². The van der Waals surface area contributed by atoms with Crippen LogP contribution in [-0.4, -0.2) is 8.78 Å². The second kappa shape index (κ2) is 7.09. The van der Waals surface area contributed by atoms with E-state index in [0.717, 1.165) is 50.2 Å². The van der Waals surface area contributed by atoms with Crippen molar-refractivity contribution < 1.29 is 4.42 Å². The summed E-state index contributed by atoms with van der Waals surface area (Å²) in [5, 5.41) is 0.561. The zero-order valence-electron chi connectivity index (χ0n) is 12.5. The van der Waals surface area contributed by atoms with Crippen molar-refractivity contribution >= 4 is 46.4 Å². The highest BCUT2D eigenvalue weighted by Crippen LogP contribution is 2.47. The zero-order valence-corrected chi connectivity index (χ0v) is 15.5. The van der Waals surface area contributed by atoms with Gasteiger partial charge in [0.25, 0.3) is 0 Å². The topological polar surface area (TPSA) is 26.0 Å². The Morgan fingerprint density at radius 3 is 2.09 bits per heavy atom. The quantitative estimate of drug-likeness (QED) is 0.512. The van der Waals surface area contributed by atoms with Crippen molar-refractivity contribution in [1.82, 2.24) is 4.98 Å². The third-order valence-corrected chi connectivity index (χ3v) is 6.34. The molecule has 0 N–H and O–H groups in total. The summed E-state index contributed by atoms with van der Waals surface area (Å²) in [6, 6.07) is 0. The van der Waals surface area contributed by atoms with Gasteiger partial charge in [-0.3, -0.25) is 0 Å². The molecular weight excluding hydrogens is 364 g/mol. The monoisotopic (exact) mass is 383 g/mol. The lowest BCUT2D eigenvalue weighted by Crippen LogP contribution is -2.24. The summed E-state index contributed by atoms with van der Waals surface area (Å²) in [7, 11) is 0. The Labute approximate surface area is 151 Å². The fourth-order valence-electron chi connectivity index (χ4n) is 3.79. The molecule has 0 radical (unpaired) electrons. The van der Waals surface area contributed by atoms with Crippen molar-refractivity contribution in [3.05, 3.63) is 16.8 Å². The normalized spacial score (nSPS) is 28.0. The van der Waals surface area contributed by atoms with Crippen LogP contribution < -0.4 is 0 Å². The van der Waals surface area contributed by atoms with Crippen molar-refractivity contribution in [3.63, 3.8) is 0 Å². The van der Waals surface area contributed by atoms with Gasteiger partial charge in [-0.25, -0.2) is 4.98 Å². The number of hydrogen-bond acceptors (Lipinski definition) is 2. The maximum atomic E-state index is 6.33. The summed E-state index contributed by atoms with van der Waals surface area (Å²) in [6.07, 6.45) is 9.81. The zero-order chi connectivity index (χ0) is 15.7. The molecule has 2 saturated carbocycles. The number of rotatable bonds is 2. The average Bonchev–Trinajstić information content (AvgIpc) is 2.89. The van der Waals surface area contributed by atoms with Gasteiger partial charge in [0.15, 0.2) is 14.8 Å². The van der Waals surface area contributed by atoms with Crippen LogP contribution in [0.4, 0.5) is 0 Å². The molecule has 0 aromatic carbocycles. The lowest BCUT2D eigenvalue weighted by Gasteiger charge is -2.31. The summed E-state index contributed by atoms with van der Waals surface area (Å²) in [5.41, 5.74) is 0. The first kappa shape index (κ1) is 17.2. The molecule has 1 heterocycles. The molecule has 2 aliphatic carbocycles. The average molecular weight is 385 g/mol. The molecule has 2 nitrogen and oxygen atoms in total. The van der Waals surface area contributed by atoms with E-state index in [1.807, 2.05) is 0 Å². The van der Waals surface area contributed by atoms with E-state index in [4.69, 9.17) is 50.8 Å². The molecule has 2 aliphatic rings. The Morgan fingerprint density at radius 2 is 1.50 bits per heavy atom. The summed E-state index contributed by atoms with van der Waals surface area (Å²) >= 11 is 24.4. The molecule has 124 valence electrons. The molecular formula is C16H21Cl4NO. The van der Waals surface area contributed by atoms with Crippen LogP contribution in [0.5, 0.6) is 0 Å². The van der Waals surface area contributed by atoms with Crippen LogP contribution >= 0.6 is 46.4 Å². The van der Waals surface area contributed by atoms with Gasteiger partial charge in [-0.15, -0.1) is 0 Å². The third kappa shape index (κ3) is 3.88. The Hall–Kier alpha value is 0.370. The number of halogens is 4. The van der Waals surface area contributed by atoms with Gasteiger partial charge in [0.1, 0.15) is 5.76 Å². The van der Waals surface area contributed by atoms with Gasteiger partial charge in [-0.05, 0) is 38.5 Å². The first-order valence-electron chi connectivity index (χ1n) is 8.18. The molecule has 3 rings (SSSR count). The van der Waals surface area contributed by atoms with Crippen molar-refractivity contribution in [2.75, 3.05) is 0 Å². The van der Waals surface area contributed by atoms with Gasteiger partial charge in [0, 0.05) is 17.8 Å². The number of alkyl halides is 3. The van der Waals surface area contributed by atoms with E-state index >= 15 is 0 Å². The van der Waals surface area contributed by atoms with Crippen LogP contribution in [0.3, 0.4) is 0 Å². The standard InChI is InChI=1S/C16H21Cl4NO/c17-14-13(10-4-2-1-3-5-10)22-15(21-14)11-6-8-12(9-7-11)16(18,19)20/h10-12H,1-9H2. The van der Waals surface area contributed by atoms with Gasteiger partial charge < -0.3 is 4.42 Å². The largest absolute Gasteiger partial charge is 0.443 e. The molecule has 0 amide bonds. The summed E-state index contributed by atoms with van der Waals surface area (Å²) in [5.74, 6) is 2.56. The SMILES string of the molecule is Clc1nc(C2CCC(C(Cl)(Cl)Cl)CC2)oc1C1CCCCC1. The fourth-order valence-corrected chi connectivity index (χ4v) is 4.72. The third-order valence-electron chi connectivity index (χ3n) is 5.14. The fraction of sp³-hybridized carbons (Fsp3) is 0.812. The second-order valence-corrected chi connectivity index (χ2v) is 9.36. The smallest absolute Gasteiger partial charge is 0.199 e. The lowest BCUT2D eigenvalue weighted by molar-refractivity contribution is 0.281. The number of oxazole rings is 1. The Balaban J connectivity index is 1.66. The molecule has 0 unspecified atom stereocenters. The van der Waals surface area contributed by atoms with E-state index in [-0.39, 0.29) is 5.92 Å². The number of nitrogens with zero attached hydrogens (tertiary/aromatic N) is 1. The van der Waals surface area contributed by atoms with E-state index < -0.39 is 3.79 Å².